The van der Waals surface area contributed by atoms with Crippen molar-refractivity contribution in [2.75, 3.05) is 59.2 Å². The summed E-state index contributed by atoms with van der Waals surface area (Å²) in [6.45, 7) is 27.9. The molecule has 12 aromatic carbocycles. The van der Waals surface area contributed by atoms with E-state index in [4.69, 9.17) is 28.4 Å². The van der Waals surface area contributed by atoms with Crippen LogP contribution in [0.4, 0.5) is 68.2 Å². The van der Waals surface area contributed by atoms with Crippen molar-refractivity contribution in [1.29, 1.82) is 0 Å². The van der Waals surface area contributed by atoms with E-state index in [1.165, 1.54) is 45.5 Å². The maximum absolute atomic E-state index is 11.4. The third-order valence-electron chi connectivity index (χ3n) is 19.1. The van der Waals surface area contributed by atoms with Crippen LogP contribution in [0.3, 0.4) is 0 Å². The van der Waals surface area contributed by atoms with Crippen LogP contribution < -0.4 is 29.1 Å². The van der Waals surface area contributed by atoms with Gasteiger partial charge in [0, 0.05) is 92.6 Å². The molecule has 0 heterocycles. The molecule has 0 unspecified atom stereocenters. The van der Waals surface area contributed by atoms with Gasteiger partial charge in [-0.05, 0) is 282 Å². The second-order valence-corrected chi connectivity index (χ2v) is 27.5. The molecule has 0 aliphatic rings. The minimum absolute atomic E-state index is 0.144. The van der Waals surface area contributed by atoms with E-state index >= 15 is 0 Å². The van der Waals surface area contributed by atoms with Gasteiger partial charge < -0.3 is 48.0 Å². The fraction of sp³-hybridized carbons (Fsp3) is 0.160. The van der Waals surface area contributed by atoms with Crippen molar-refractivity contribution in [1.82, 2.24) is 0 Å². The van der Waals surface area contributed by atoms with Gasteiger partial charge in [-0.3, -0.25) is 0 Å². The Balaban J connectivity index is 0.000000225. The number of ether oxygens (including phenoxy) is 6. The standard InChI is InChI=1S/C50H48N2O6.C50H48N2O4/c1-7-49(53)57-31-29-55-45-23-19-43(20-24-45)51(41-15-9-35(3)10-16-41)47-27-13-39(33-37(47)5)40-14-28-48(38(6)34-40)52(42-17-11-36(4)12-18-42)44-21-25-46(26-22-44)56-30-32-58-50(54)8-2;1-5-49(53)55-35-7-9-39-15-27-45(28-16-39)51(43-23-11-37(3)12-24-43)47-31-19-41(20-32-47)42-21-33-48(34-22-42)52(44-25-13-38(4)14-26-44)46-29-17-40(18-30-46)10-8-36-56-50(54)6-2/h7-28,33-34H,1-2,29-32H2,3-6H3;5-6,11-34H,1-2,7-10,35-36H2,3-4H3. The number of hydrogen-bond acceptors (Lipinski definition) is 14. The number of nitrogens with zero attached hydrogens (tertiary/aromatic N) is 4. The number of aryl methyl sites for hydroxylation is 8. The van der Waals surface area contributed by atoms with Gasteiger partial charge in [0.1, 0.15) is 37.9 Å². The molecule has 12 rings (SSSR count). The quantitative estimate of drug-likeness (QED) is 0.0164. The molecule has 0 amide bonds. The maximum atomic E-state index is 11.4. The maximum Gasteiger partial charge on any atom is 0.330 e. The van der Waals surface area contributed by atoms with Crippen LogP contribution in [0, 0.1) is 41.5 Å². The first-order valence-electron chi connectivity index (χ1n) is 38.1. The smallest absolute Gasteiger partial charge is 0.330 e. The van der Waals surface area contributed by atoms with Gasteiger partial charge in [-0.1, -0.05) is 158 Å². The first-order valence-corrected chi connectivity index (χ1v) is 38.1. The first-order chi connectivity index (χ1) is 55.4. The molecule has 12 aromatic rings. The van der Waals surface area contributed by atoms with E-state index in [0.29, 0.717) is 24.7 Å². The van der Waals surface area contributed by atoms with Gasteiger partial charge in [-0.2, -0.15) is 0 Å². The average Bonchev–Trinajstić information content (AvgIpc) is 0.801. The molecule has 0 saturated heterocycles. The molecule has 0 aliphatic carbocycles. The SMILES string of the molecule is C=CC(=O)OCCCc1ccc(N(c2ccc(C)cc2)c2ccc(-c3ccc(N(c4ccc(C)cc4)c4ccc(CCCOC(=O)C=C)cc4)cc3)cc2)cc1.C=CC(=O)OCCOc1ccc(N(c2ccc(C)cc2)c2ccc(-c3ccc(N(c4ccc(C)cc4)c4ccc(OCCOC(=O)C=C)cc4)c(C)c3)cc2C)cc1. The number of benzene rings is 12. The van der Waals surface area contributed by atoms with E-state index in [1.807, 2.05) is 48.5 Å². The van der Waals surface area contributed by atoms with Crippen LogP contribution in [0.25, 0.3) is 22.3 Å². The van der Waals surface area contributed by atoms with E-state index in [9.17, 15) is 19.2 Å². The molecule has 0 atom stereocenters. The molecular formula is C100H96N4O10. The van der Waals surface area contributed by atoms with E-state index in [2.05, 4.69) is 318 Å². The zero-order valence-electron chi connectivity index (χ0n) is 65.6. The van der Waals surface area contributed by atoms with E-state index < -0.39 is 11.9 Å². The van der Waals surface area contributed by atoms with Crippen molar-refractivity contribution in [2.24, 2.45) is 0 Å². The van der Waals surface area contributed by atoms with Crippen molar-refractivity contribution >= 4 is 92.1 Å². The monoisotopic (exact) mass is 1510 g/mol. The van der Waals surface area contributed by atoms with Crippen molar-refractivity contribution in [3.8, 4) is 33.8 Å². The molecular weight excluding hydrogens is 1420 g/mol. The van der Waals surface area contributed by atoms with Gasteiger partial charge in [-0.15, -0.1) is 0 Å². The van der Waals surface area contributed by atoms with Crippen molar-refractivity contribution in [3.05, 3.63) is 374 Å². The fourth-order valence-electron chi connectivity index (χ4n) is 13.0. The lowest BCUT2D eigenvalue weighted by atomic mass is 9.98. The summed E-state index contributed by atoms with van der Waals surface area (Å²) in [6.07, 6.45) is 7.79. The Labute approximate surface area is 670 Å². The third kappa shape index (κ3) is 22.3. The summed E-state index contributed by atoms with van der Waals surface area (Å²) in [4.78, 5) is 54.5. The van der Waals surface area contributed by atoms with Crippen molar-refractivity contribution < 1.29 is 47.6 Å². The molecule has 0 bridgehead atoms. The lowest BCUT2D eigenvalue weighted by Crippen LogP contribution is -2.12. The summed E-state index contributed by atoms with van der Waals surface area (Å²) in [5.41, 5.74) is 26.4. The van der Waals surface area contributed by atoms with Gasteiger partial charge in [-0.25, -0.2) is 19.2 Å². The fourth-order valence-corrected chi connectivity index (χ4v) is 13.0. The first kappa shape index (κ1) is 81.3. The Hall–Kier alpha value is -13.7. The lowest BCUT2D eigenvalue weighted by Gasteiger charge is -2.28. The van der Waals surface area contributed by atoms with Crippen molar-refractivity contribution in [2.45, 2.75) is 67.2 Å². The summed E-state index contributed by atoms with van der Waals surface area (Å²) in [7, 11) is 0. The van der Waals surface area contributed by atoms with E-state index in [-0.39, 0.29) is 38.4 Å². The highest BCUT2D eigenvalue weighted by Gasteiger charge is 2.21. The number of rotatable bonds is 34. The Kier molecular flexibility index (Phi) is 28.7. The molecule has 14 nitrogen and oxygen atoms in total. The summed E-state index contributed by atoms with van der Waals surface area (Å²) in [5.74, 6) is -0.359. The summed E-state index contributed by atoms with van der Waals surface area (Å²) in [5, 5.41) is 0. The van der Waals surface area contributed by atoms with Crippen LogP contribution in [0.1, 0.15) is 57.3 Å². The normalized spacial score (nSPS) is 10.6. The molecule has 0 aliphatic heterocycles. The number of hydrogen-bond donors (Lipinski definition) is 0. The number of carbonyl (C=O) groups is 4. The molecule has 0 spiro atoms. The number of esters is 4. The van der Waals surface area contributed by atoms with E-state index in [0.717, 1.165) is 139 Å². The van der Waals surface area contributed by atoms with Crippen LogP contribution in [-0.2, 0) is 51.0 Å². The molecule has 0 saturated carbocycles. The van der Waals surface area contributed by atoms with Crippen LogP contribution in [0.2, 0.25) is 0 Å². The van der Waals surface area contributed by atoms with Gasteiger partial charge in [0.2, 0.25) is 0 Å². The molecule has 0 N–H and O–H groups in total. The summed E-state index contributed by atoms with van der Waals surface area (Å²) in [6, 6.07) is 97.8. The van der Waals surface area contributed by atoms with Gasteiger partial charge in [0.05, 0.1) is 13.2 Å². The number of anilines is 12. The molecule has 576 valence electrons. The highest BCUT2D eigenvalue weighted by Crippen LogP contribution is 2.44. The predicted molar refractivity (Wildman–Crippen MR) is 463 cm³/mol. The topological polar surface area (TPSA) is 137 Å². The Bertz CT molecular complexity index is 4890. The summed E-state index contributed by atoms with van der Waals surface area (Å²) >= 11 is 0. The third-order valence-corrected chi connectivity index (χ3v) is 19.1. The van der Waals surface area contributed by atoms with Crippen LogP contribution >= 0.6 is 0 Å². The van der Waals surface area contributed by atoms with Crippen LogP contribution in [0.15, 0.2) is 330 Å². The molecule has 14 heteroatoms. The largest absolute Gasteiger partial charge is 0.490 e. The Morgan fingerprint density at radius 2 is 0.491 bits per heavy atom. The highest BCUT2D eigenvalue weighted by atomic mass is 16.6. The minimum Gasteiger partial charge on any atom is -0.490 e. The Morgan fingerprint density at radius 1 is 0.263 bits per heavy atom. The molecule has 0 radical (unpaired) electrons. The lowest BCUT2D eigenvalue weighted by molar-refractivity contribution is -0.139. The Morgan fingerprint density at radius 3 is 0.754 bits per heavy atom. The van der Waals surface area contributed by atoms with Gasteiger partial charge in [0.25, 0.3) is 0 Å². The molecule has 114 heavy (non-hydrogen) atoms. The average molecular weight is 1510 g/mol. The van der Waals surface area contributed by atoms with Crippen LogP contribution in [0.5, 0.6) is 11.5 Å². The molecule has 0 fully saturated rings. The second-order valence-electron chi connectivity index (χ2n) is 27.5. The zero-order valence-corrected chi connectivity index (χ0v) is 65.6. The molecule has 0 aromatic heterocycles. The second kappa shape index (κ2) is 40.3. The van der Waals surface area contributed by atoms with Crippen molar-refractivity contribution in [3.63, 3.8) is 0 Å². The minimum atomic E-state index is -0.472. The van der Waals surface area contributed by atoms with E-state index in [1.54, 1.807) is 0 Å². The van der Waals surface area contributed by atoms with Crippen LogP contribution in [-0.4, -0.2) is 63.5 Å². The zero-order chi connectivity index (χ0) is 80.3. The van der Waals surface area contributed by atoms with Gasteiger partial charge >= 0.3 is 23.9 Å². The number of carbonyl (C=O) groups excluding carboxylic acids is 4. The summed E-state index contributed by atoms with van der Waals surface area (Å²) < 4.78 is 32.0. The predicted octanol–water partition coefficient (Wildman–Crippen LogP) is 24.0. The highest BCUT2D eigenvalue weighted by molar-refractivity contribution is 5.87. The van der Waals surface area contributed by atoms with Gasteiger partial charge in [0.15, 0.2) is 0 Å².